The molecule has 2 saturated heterocycles. The second-order valence-electron chi connectivity index (χ2n) is 12.5. The van der Waals surface area contributed by atoms with E-state index >= 15 is 0 Å². The summed E-state index contributed by atoms with van der Waals surface area (Å²) < 4.78 is 12.5. The molecule has 2 bridgehead atoms. The van der Waals surface area contributed by atoms with Crippen molar-refractivity contribution >= 4 is 46.5 Å². The lowest BCUT2D eigenvalue weighted by atomic mass is 9.68. The molecule has 9 nitrogen and oxygen atoms in total. The smallest absolute Gasteiger partial charge is 0.308 e. The fraction of sp³-hybridized carbons (Fsp3) is 0.455. The lowest BCUT2D eigenvalue weighted by molar-refractivity contribution is -0.136. The molecule has 11 heteroatoms. The number of benzene rings is 2. The van der Waals surface area contributed by atoms with Crippen LogP contribution >= 0.6 is 23.1 Å². The van der Waals surface area contributed by atoms with E-state index in [1.807, 2.05) is 43.3 Å². The number of aryl methyl sites for hydroxylation is 1. The van der Waals surface area contributed by atoms with Crippen molar-refractivity contribution in [3.63, 3.8) is 0 Å². The Hall–Kier alpha value is -3.41. The molecule has 8 rings (SSSR count). The van der Waals surface area contributed by atoms with Gasteiger partial charge in [0.1, 0.15) is 12.3 Å². The summed E-state index contributed by atoms with van der Waals surface area (Å²) in [5, 5.41) is 0.884. The summed E-state index contributed by atoms with van der Waals surface area (Å²) in [5.41, 5.74) is 2.77. The van der Waals surface area contributed by atoms with Crippen LogP contribution in [-0.4, -0.2) is 65.9 Å². The number of thiazole rings is 1. The van der Waals surface area contributed by atoms with Crippen molar-refractivity contribution in [3.8, 4) is 5.75 Å². The number of nitrogens with zero attached hydrogens (tertiary/aromatic N) is 3. The zero-order valence-corrected chi connectivity index (χ0v) is 26.1. The number of ether oxygens (including phenoxy) is 2. The minimum atomic E-state index is -0.366. The molecule has 4 heterocycles. The van der Waals surface area contributed by atoms with Crippen molar-refractivity contribution in [1.29, 1.82) is 0 Å². The standard InChI is InChI=1S/C33H33N3O6S2/c1-17-3-7-19(8-4-17)36-30(38)26-21-15-22(27(26)31(36)39)28-25(21)24(18-5-9-20(41-2)10-6-18)29-32(43-28)35(33(40)44-29)16-23(37)34-11-13-42-14-12-34/h3-10,21-22,24-28H,11-16H2,1-2H3. The van der Waals surface area contributed by atoms with Gasteiger partial charge in [0.15, 0.2) is 0 Å². The van der Waals surface area contributed by atoms with E-state index in [9.17, 15) is 19.2 Å². The molecule has 0 spiro atoms. The van der Waals surface area contributed by atoms with Crippen molar-refractivity contribution in [1.82, 2.24) is 9.47 Å². The number of thioether (sulfide) groups is 1. The van der Waals surface area contributed by atoms with Gasteiger partial charge in [0, 0.05) is 29.1 Å². The van der Waals surface area contributed by atoms with E-state index in [2.05, 4.69) is 12.1 Å². The summed E-state index contributed by atoms with van der Waals surface area (Å²) >= 11 is 2.87. The third kappa shape index (κ3) is 4.15. The Morgan fingerprint density at radius 2 is 1.64 bits per heavy atom. The molecule has 0 N–H and O–H groups in total. The summed E-state index contributed by atoms with van der Waals surface area (Å²) in [6.45, 7) is 4.01. The van der Waals surface area contributed by atoms with E-state index in [0.717, 1.165) is 33.2 Å². The van der Waals surface area contributed by atoms with E-state index < -0.39 is 0 Å². The molecule has 228 valence electrons. The first kappa shape index (κ1) is 28.1. The molecule has 5 aliphatic rings. The van der Waals surface area contributed by atoms with Crippen molar-refractivity contribution in [2.24, 2.45) is 29.6 Å². The number of hydrogen-bond acceptors (Lipinski definition) is 8. The fourth-order valence-electron chi connectivity index (χ4n) is 8.44. The highest BCUT2D eigenvalue weighted by molar-refractivity contribution is 8.00. The van der Waals surface area contributed by atoms with E-state index in [1.54, 1.807) is 28.3 Å². The van der Waals surface area contributed by atoms with Crippen molar-refractivity contribution in [3.05, 3.63) is 74.2 Å². The highest BCUT2D eigenvalue weighted by Gasteiger charge is 2.69. The van der Waals surface area contributed by atoms with Crippen LogP contribution in [-0.2, 0) is 25.7 Å². The SMILES string of the molecule is COc1ccc(C2c3sc(=O)n(CC(=O)N4CCOCC4)c3SC3C4CC(C5C(=O)N(c6ccc(C)cc6)C(=O)C45)C23)cc1. The van der Waals surface area contributed by atoms with Gasteiger partial charge in [-0.15, -0.1) is 11.8 Å². The van der Waals surface area contributed by atoms with Gasteiger partial charge in [-0.2, -0.15) is 0 Å². The Bertz CT molecular complexity index is 1710. The van der Waals surface area contributed by atoms with Crippen molar-refractivity contribution in [2.45, 2.75) is 36.1 Å². The van der Waals surface area contributed by atoms with Gasteiger partial charge in [-0.25, -0.2) is 0 Å². The first-order valence-electron chi connectivity index (χ1n) is 15.2. The van der Waals surface area contributed by atoms with Crippen LogP contribution in [0.25, 0.3) is 0 Å². The number of aromatic nitrogens is 1. The maximum absolute atomic E-state index is 14.0. The molecule has 3 amide bonds. The van der Waals surface area contributed by atoms with Gasteiger partial charge < -0.3 is 14.4 Å². The molecular weight excluding hydrogens is 599 g/mol. The van der Waals surface area contributed by atoms with Gasteiger partial charge in [0.2, 0.25) is 17.7 Å². The minimum Gasteiger partial charge on any atom is -0.497 e. The van der Waals surface area contributed by atoms with Gasteiger partial charge >= 0.3 is 4.87 Å². The largest absolute Gasteiger partial charge is 0.497 e. The number of anilines is 1. The predicted octanol–water partition coefficient (Wildman–Crippen LogP) is 3.76. The molecule has 3 aromatic rings. The van der Waals surface area contributed by atoms with Crippen LogP contribution in [0, 0.1) is 36.5 Å². The minimum absolute atomic E-state index is 0.0108. The van der Waals surface area contributed by atoms with Gasteiger partial charge in [-0.05, 0) is 60.9 Å². The second kappa shape index (κ2) is 10.6. The number of fused-ring (bicyclic) bond motifs is 9. The molecule has 0 radical (unpaired) electrons. The summed E-state index contributed by atoms with van der Waals surface area (Å²) in [4.78, 5) is 58.9. The average Bonchev–Trinajstić information content (AvgIpc) is 3.77. The second-order valence-corrected chi connectivity index (χ2v) is 14.6. The molecule has 2 aliphatic carbocycles. The number of hydrogen-bond donors (Lipinski definition) is 0. The Morgan fingerprint density at radius 1 is 0.955 bits per heavy atom. The van der Waals surface area contributed by atoms with Crippen molar-refractivity contribution < 1.29 is 23.9 Å². The number of methoxy groups -OCH3 is 1. The van der Waals surface area contributed by atoms with E-state index in [1.165, 1.54) is 16.2 Å². The van der Waals surface area contributed by atoms with Crippen LogP contribution in [0.1, 0.15) is 28.3 Å². The summed E-state index contributed by atoms with van der Waals surface area (Å²) in [5.74, 6) is -0.263. The molecule has 3 aliphatic heterocycles. The summed E-state index contributed by atoms with van der Waals surface area (Å²) in [6.07, 6.45) is 0.815. The number of carbonyl (C=O) groups is 3. The fourth-order valence-corrected chi connectivity index (χ4v) is 11.6. The van der Waals surface area contributed by atoms with Gasteiger partial charge in [0.25, 0.3) is 0 Å². The Labute approximate surface area is 263 Å². The predicted molar refractivity (Wildman–Crippen MR) is 166 cm³/mol. The van der Waals surface area contributed by atoms with Crippen LogP contribution in [0.2, 0.25) is 0 Å². The van der Waals surface area contributed by atoms with Gasteiger partial charge in [-0.3, -0.25) is 28.6 Å². The third-order valence-electron chi connectivity index (χ3n) is 10.4. The van der Waals surface area contributed by atoms with Crippen molar-refractivity contribution in [2.75, 3.05) is 38.3 Å². The molecule has 4 fully saturated rings. The molecule has 2 aromatic carbocycles. The molecule has 2 saturated carbocycles. The Balaban J connectivity index is 1.19. The molecule has 44 heavy (non-hydrogen) atoms. The van der Waals surface area contributed by atoms with Gasteiger partial charge in [-0.1, -0.05) is 41.2 Å². The van der Waals surface area contributed by atoms with Crippen LogP contribution in [0.15, 0.2) is 58.4 Å². The third-order valence-corrected chi connectivity index (χ3v) is 13.2. The van der Waals surface area contributed by atoms with E-state index in [-0.39, 0.29) is 69.9 Å². The molecule has 7 unspecified atom stereocenters. The number of morpholine rings is 1. The topological polar surface area (TPSA) is 98.2 Å². The Kier molecular flexibility index (Phi) is 6.77. The number of carbonyl (C=O) groups excluding carboxylic acids is 3. The quantitative estimate of drug-likeness (QED) is 0.396. The molecule has 1 aromatic heterocycles. The average molecular weight is 632 g/mol. The van der Waals surface area contributed by atoms with E-state index in [0.29, 0.717) is 32.0 Å². The molecule has 7 atom stereocenters. The lowest BCUT2D eigenvalue weighted by Gasteiger charge is -2.43. The Morgan fingerprint density at radius 3 is 2.32 bits per heavy atom. The maximum atomic E-state index is 14.0. The first-order valence-corrected chi connectivity index (χ1v) is 16.9. The summed E-state index contributed by atoms with van der Waals surface area (Å²) in [6, 6.07) is 15.6. The zero-order valence-electron chi connectivity index (χ0n) is 24.5. The number of imide groups is 1. The normalized spacial score (nSPS) is 30.4. The van der Waals surface area contributed by atoms with Crippen LogP contribution < -0.4 is 14.5 Å². The highest BCUT2D eigenvalue weighted by atomic mass is 32.2. The lowest BCUT2D eigenvalue weighted by Crippen LogP contribution is -2.44. The van der Waals surface area contributed by atoms with Crippen LogP contribution in [0.3, 0.4) is 0 Å². The monoisotopic (exact) mass is 631 g/mol. The highest BCUT2D eigenvalue weighted by Crippen LogP contribution is 2.69. The number of amides is 3. The maximum Gasteiger partial charge on any atom is 0.308 e. The molecular formula is C33H33N3O6S2. The van der Waals surface area contributed by atoms with E-state index in [4.69, 9.17) is 9.47 Å². The summed E-state index contributed by atoms with van der Waals surface area (Å²) in [7, 11) is 1.64. The van der Waals surface area contributed by atoms with Crippen LogP contribution in [0.5, 0.6) is 5.75 Å². The first-order chi connectivity index (χ1) is 21.4. The number of rotatable bonds is 5. The zero-order chi connectivity index (χ0) is 30.3. The van der Waals surface area contributed by atoms with Gasteiger partial charge in [0.05, 0.1) is 42.9 Å². The van der Waals surface area contributed by atoms with Crippen LogP contribution in [0.4, 0.5) is 5.69 Å².